The Kier molecular flexibility index (Phi) is 5.41. The first-order valence-electron chi connectivity index (χ1n) is 9.13. The van der Waals surface area contributed by atoms with Crippen molar-refractivity contribution in [3.05, 3.63) is 89.1 Å². The summed E-state index contributed by atoms with van der Waals surface area (Å²) in [5, 5.41) is 13.1. The highest BCUT2D eigenvalue weighted by Crippen LogP contribution is 2.30. The van der Waals surface area contributed by atoms with Gasteiger partial charge in [0.15, 0.2) is 0 Å². The summed E-state index contributed by atoms with van der Waals surface area (Å²) in [7, 11) is 0. The van der Waals surface area contributed by atoms with Gasteiger partial charge in [0.05, 0.1) is 0 Å². The largest absolute Gasteiger partial charge is 0.477 e. The number of benzene rings is 3. The molecule has 7 heteroatoms. The molecule has 0 aliphatic heterocycles. The molecule has 0 bridgehead atoms. The van der Waals surface area contributed by atoms with Crippen molar-refractivity contribution >= 4 is 40.3 Å². The molecule has 0 radical (unpaired) electrons. The van der Waals surface area contributed by atoms with Gasteiger partial charge in [0.1, 0.15) is 12.3 Å². The van der Waals surface area contributed by atoms with Crippen LogP contribution < -0.4 is 5.32 Å². The third kappa shape index (κ3) is 4.45. The predicted octanol–water partition coefficient (Wildman–Crippen LogP) is 5.94. The molecule has 0 aliphatic rings. The van der Waals surface area contributed by atoms with Crippen LogP contribution in [0.5, 0.6) is 0 Å². The lowest BCUT2D eigenvalue weighted by molar-refractivity contribution is 0.0691. The molecule has 4 rings (SSSR count). The molecule has 1 heterocycles. The van der Waals surface area contributed by atoms with Gasteiger partial charge in [-0.1, -0.05) is 54.1 Å². The Balaban J connectivity index is 1.53. The number of rotatable bonds is 5. The molecule has 0 saturated carbocycles. The van der Waals surface area contributed by atoms with Crippen molar-refractivity contribution in [2.75, 3.05) is 5.32 Å². The maximum atomic E-state index is 12.1. The number of hydrogen-bond donors (Lipinski definition) is 3. The number of carboxylic acid groups (broad SMARTS) is 1. The monoisotopic (exact) mass is 420 g/mol. The van der Waals surface area contributed by atoms with Crippen LogP contribution in [0.4, 0.5) is 10.5 Å². The molecule has 150 valence electrons. The van der Waals surface area contributed by atoms with Crippen molar-refractivity contribution in [1.82, 2.24) is 4.98 Å². The third-order valence-corrected chi connectivity index (χ3v) is 4.76. The molecule has 4 aromatic rings. The van der Waals surface area contributed by atoms with Gasteiger partial charge in [0.25, 0.3) is 0 Å². The lowest BCUT2D eigenvalue weighted by Crippen LogP contribution is -2.13. The number of hydrogen-bond acceptors (Lipinski definition) is 3. The second-order valence-corrected chi connectivity index (χ2v) is 7.14. The summed E-state index contributed by atoms with van der Waals surface area (Å²) >= 11 is 6.24. The maximum absolute atomic E-state index is 12.1. The second-order valence-electron chi connectivity index (χ2n) is 6.71. The number of carbonyl (C=O) groups excluding carboxylic acids is 1. The molecule has 6 nitrogen and oxygen atoms in total. The average Bonchev–Trinajstić information content (AvgIpc) is 3.16. The van der Waals surface area contributed by atoms with Crippen molar-refractivity contribution < 1.29 is 19.4 Å². The van der Waals surface area contributed by atoms with E-state index in [0.29, 0.717) is 16.2 Å². The molecular formula is C23H17ClN2O4. The average molecular weight is 421 g/mol. The first-order chi connectivity index (χ1) is 14.5. The van der Waals surface area contributed by atoms with E-state index in [1.807, 2.05) is 48.5 Å². The highest BCUT2D eigenvalue weighted by atomic mass is 35.5. The van der Waals surface area contributed by atoms with Gasteiger partial charge >= 0.3 is 12.1 Å². The lowest BCUT2D eigenvalue weighted by atomic mass is 10.0. The summed E-state index contributed by atoms with van der Waals surface area (Å²) in [6.45, 7) is 0.162. The smallest absolute Gasteiger partial charge is 0.411 e. The van der Waals surface area contributed by atoms with Gasteiger partial charge in [-0.15, -0.1) is 0 Å². The Morgan fingerprint density at radius 1 is 0.967 bits per heavy atom. The number of ether oxygens (including phenoxy) is 1. The Morgan fingerprint density at radius 3 is 2.53 bits per heavy atom. The number of H-pyrrole nitrogens is 1. The first kappa shape index (κ1) is 19.5. The Hall–Kier alpha value is -3.77. The van der Waals surface area contributed by atoms with E-state index < -0.39 is 12.1 Å². The van der Waals surface area contributed by atoms with E-state index in [4.69, 9.17) is 21.4 Å². The zero-order chi connectivity index (χ0) is 21.1. The van der Waals surface area contributed by atoms with E-state index in [1.165, 1.54) is 0 Å². The van der Waals surface area contributed by atoms with Crippen molar-refractivity contribution in [3.63, 3.8) is 0 Å². The molecule has 0 saturated heterocycles. The van der Waals surface area contributed by atoms with Crippen molar-refractivity contribution in [3.8, 4) is 11.1 Å². The number of aromatic amines is 1. The molecule has 0 atom stereocenters. The molecule has 1 aromatic heterocycles. The fourth-order valence-corrected chi connectivity index (χ4v) is 3.36. The molecule has 1 amide bonds. The SMILES string of the molecule is O=C(Nc1cc(Cl)cc(-c2ccc3cc(C(=O)O)[nH]c3c2)c1)OCc1ccccc1. The van der Waals surface area contributed by atoms with E-state index in [2.05, 4.69) is 10.3 Å². The number of carboxylic acids is 1. The minimum atomic E-state index is -1.02. The quantitative estimate of drug-likeness (QED) is 0.373. The molecule has 0 spiro atoms. The summed E-state index contributed by atoms with van der Waals surface area (Å²) in [4.78, 5) is 26.2. The second kappa shape index (κ2) is 8.31. The van der Waals surface area contributed by atoms with Crippen LogP contribution >= 0.6 is 11.6 Å². The molecule has 3 aromatic carbocycles. The van der Waals surface area contributed by atoms with Crippen LogP contribution in [0.15, 0.2) is 72.8 Å². The fourth-order valence-electron chi connectivity index (χ4n) is 3.13. The highest BCUT2D eigenvalue weighted by molar-refractivity contribution is 6.31. The predicted molar refractivity (Wildman–Crippen MR) is 116 cm³/mol. The number of carbonyl (C=O) groups is 2. The highest BCUT2D eigenvalue weighted by Gasteiger charge is 2.10. The van der Waals surface area contributed by atoms with Crippen molar-refractivity contribution in [2.45, 2.75) is 6.61 Å². The minimum Gasteiger partial charge on any atom is -0.477 e. The molecule has 30 heavy (non-hydrogen) atoms. The molecular weight excluding hydrogens is 404 g/mol. The summed E-state index contributed by atoms with van der Waals surface area (Å²) in [5.74, 6) is -1.02. The third-order valence-electron chi connectivity index (χ3n) is 4.54. The van der Waals surface area contributed by atoms with Crippen LogP contribution in [0, 0.1) is 0 Å². The van der Waals surface area contributed by atoms with Crippen LogP contribution in [0.3, 0.4) is 0 Å². The van der Waals surface area contributed by atoms with E-state index >= 15 is 0 Å². The van der Waals surface area contributed by atoms with E-state index in [0.717, 1.165) is 22.1 Å². The minimum absolute atomic E-state index is 0.122. The van der Waals surface area contributed by atoms with Gasteiger partial charge in [-0.05, 0) is 47.0 Å². The number of nitrogens with one attached hydrogen (secondary N) is 2. The van der Waals surface area contributed by atoms with Crippen LogP contribution in [0.2, 0.25) is 5.02 Å². The number of amides is 1. The topological polar surface area (TPSA) is 91.4 Å². The van der Waals surface area contributed by atoms with Crippen molar-refractivity contribution in [2.24, 2.45) is 0 Å². The van der Waals surface area contributed by atoms with Gasteiger partial charge in [0, 0.05) is 21.6 Å². The first-order valence-corrected chi connectivity index (χ1v) is 9.50. The van der Waals surface area contributed by atoms with Crippen molar-refractivity contribution in [1.29, 1.82) is 0 Å². The molecule has 0 unspecified atom stereocenters. The fraction of sp³-hybridized carbons (Fsp3) is 0.0435. The van der Waals surface area contributed by atoms with Gasteiger partial charge in [-0.3, -0.25) is 5.32 Å². The van der Waals surface area contributed by atoms with Gasteiger partial charge in [0.2, 0.25) is 0 Å². The van der Waals surface area contributed by atoms with Crippen LogP contribution in [0.1, 0.15) is 16.1 Å². The van der Waals surface area contributed by atoms with Crippen LogP contribution in [-0.4, -0.2) is 22.2 Å². The van der Waals surface area contributed by atoms with Crippen LogP contribution in [0.25, 0.3) is 22.0 Å². The van der Waals surface area contributed by atoms with E-state index in [9.17, 15) is 9.59 Å². The van der Waals surface area contributed by atoms with E-state index in [-0.39, 0.29) is 12.3 Å². The normalized spacial score (nSPS) is 10.7. The zero-order valence-corrected chi connectivity index (χ0v) is 16.4. The number of aromatic nitrogens is 1. The van der Waals surface area contributed by atoms with Gasteiger partial charge in [-0.2, -0.15) is 0 Å². The number of anilines is 1. The van der Waals surface area contributed by atoms with Gasteiger partial charge in [-0.25, -0.2) is 9.59 Å². The lowest BCUT2D eigenvalue weighted by Gasteiger charge is -2.10. The standard InChI is InChI=1S/C23H17ClN2O4/c24-18-8-17(15-6-7-16-11-21(22(27)28)26-20(16)10-15)9-19(12-18)25-23(29)30-13-14-4-2-1-3-5-14/h1-12,26H,13H2,(H,25,29)(H,27,28). The zero-order valence-electron chi connectivity index (χ0n) is 15.7. The number of halogens is 1. The Bertz CT molecular complexity index is 1230. The molecule has 0 fully saturated rings. The summed E-state index contributed by atoms with van der Waals surface area (Å²) in [6.07, 6.45) is -0.585. The van der Waals surface area contributed by atoms with Crippen LogP contribution in [-0.2, 0) is 11.3 Å². The summed E-state index contributed by atoms with van der Waals surface area (Å²) in [5.41, 5.74) is 3.80. The Labute approximate surface area is 177 Å². The van der Waals surface area contributed by atoms with E-state index in [1.54, 1.807) is 24.3 Å². The summed E-state index contributed by atoms with van der Waals surface area (Å²) < 4.78 is 5.25. The maximum Gasteiger partial charge on any atom is 0.411 e. The Morgan fingerprint density at radius 2 is 1.77 bits per heavy atom. The number of aromatic carboxylic acids is 1. The molecule has 0 aliphatic carbocycles. The van der Waals surface area contributed by atoms with Gasteiger partial charge < -0.3 is 14.8 Å². The number of fused-ring (bicyclic) bond motifs is 1. The molecule has 3 N–H and O–H groups in total. The summed E-state index contributed by atoms with van der Waals surface area (Å²) in [6, 6.07) is 21.7.